The second-order valence-corrected chi connectivity index (χ2v) is 8.85. The van der Waals surface area contributed by atoms with Crippen LogP contribution in [-0.4, -0.2) is 43.1 Å². The highest BCUT2D eigenvalue weighted by atomic mass is 32.2. The van der Waals surface area contributed by atoms with Gasteiger partial charge in [-0.05, 0) is 33.1 Å². The standard InChI is InChI=1S/C13H27NO4S/c1-10(12(2,3)4)18-11(15)9-14(13(5,6)7)19(8,16)17/h10H,9H2,1-8H3. The molecule has 0 spiro atoms. The van der Waals surface area contributed by atoms with E-state index in [9.17, 15) is 13.2 Å². The van der Waals surface area contributed by atoms with Crippen LogP contribution in [0, 0.1) is 5.41 Å². The lowest BCUT2D eigenvalue weighted by Crippen LogP contribution is -2.48. The summed E-state index contributed by atoms with van der Waals surface area (Å²) in [4.78, 5) is 11.9. The van der Waals surface area contributed by atoms with Gasteiger partial charge in [0.2, 0.25) is 10.0 Å². The van der Waals surface area contributed by atoms with Crippen LogP contribution in [0.2, 0.25) is 0 Å². The van der Waals surface area contributed by atoms with Gasteiger partial charge in [0.25, 0.3) is 0 Å². The zero-order valence-electron chi connectivity index (χ0n) is 13.3. The summed E-state index contributed by atoms with van der Waals surface area (Å²) in [6, 6.07) is 0. The van der Waals surface area contributed by atoms with Crippen molar-refractivity contribution >= 4 is 16.0 Å². The van der Waals surface area contributed by atoms with Crippen molar-refractivity contribution in [2.45, 2.75) is 60.1 Å². The van der Waals surface area contributed by atoms with E-state index in [1.165, 1.54) is 0 Å². The van der Waals surface area contributed by atoms with Crippen LogP contribution in [0.5, 0.6) is 0 Å². The first-order chi connectivity index (χ1) is 8.15. The molecule has 19 heavy (non-hydrogen) atoms. The van der Waals surface area contributed by atoms with E-state index in [-0.39, 0.29) is 18.1 Å². The van der Waals surface area contributed by atoms with Crippen LogP contribution in [0.25, 0.3) is 0 Å². The van der Waals surface area contributed by atoms with Gasteiger partial charge in [0.05, 0.1) is 6.26 Å². The number of nitrogens with zero attached hydrogens (tertiary/aromatic N) is 1. The van der Waals surface area contributed by atoms with Crippen LogP contribution in [0.1, 0.15) is 48.5 Å². The lowest BCUT2D eigenvalue weighted by atomic mass is 9.90. The summed E-state index contributed by atoms with van der Waals surface area (Å²) < 4.78 is 29.9. The minimum Gasteiger partial charge on any atom is -0.461 e. The molecular formula is C13H27NO4S. The molecule has 0 amide bonds. The average molecular weight is 293 g/mol. The van der Waals surface area contributed by atoms with Crippen molar-refractivity contribution in [2.75, 3.05) is 12.8 Å². The van der Waals surface area contributed by atoms with E-state index in [4.69, 9.17) is 4.74 Å². The molecule has 0 aliphatic carbocycles. The SMILES string of the molecule is CC(OC(=O)CN(C(C)(C)C)S(C)(=O)=O)C(C)(C)C. The van der Waals surface area contributed by atoms with E-state index in [2.05, 4.69) is 0 Å². The van der Waals surface area contributed by atoms with Crippen molar-refractivity contribution in [2.24, 2.45) is 5.41 Å². The maximum Gasteiger partial charge on any atom is 0.321 e. The Morgan fingerprint density at radius 3 is 1.84 bits per heavy atom. The van der Waals surface area contributed by atoms with E-state index < -0.39 is 21.5 Å². The molecular weight excluding hydrogens is 266 g/mol. The van der Waals surface area contributed by atoms with Crippen molar-refractivity contribution < 1.29 is 17.9 Å². The Bertz CT molecular complexity index is 415. The Morgan fingerprint density at radius 1 is 1.16 bits per heavy atom. The molecule has 1 unspecified atom stereocenters. The Labute approximate surface area is 117 Å². The topological polar surface area (TPSA) is 63.7 Å². The lowest BCUT2D eigenvalue weighted by molar-refractivity contribution is -0.154. The molecule has 1 atom stereocenters. The number of sulfonamides is 1. The van der Waals surface area contributed by atoms with Gasteiger partial charge in [0, 0.05) is 5.54 Å². The highest BCUT2D eigenvalue weighted by Gasteiger charge is 2.33. The molecule has 0 aromatic carbocycles. The fraction of sp³-hybridized carbons (Fsp3) is 0.923. The fourth-order valence-electron chi connectivity index (χ4n) is 1.38. The average Bonchev–Trinajstić information content (AvgIpc) is 2.08. The molecule has 0 aliphatic heterocycles. The number of hydrogen-bond acceptors (Lipinski definition) is 4. The van der Waals surface area contributed by atoms with E-state index in [1.54, 1.807) is 27.7 Å². The van der Waals surface area contributed by atoms with Crippen LogP contribution < -0.4 is 0 Å². The van der Waals surface area contributed by atoms with Crippen LogP contribution in [-0.2, 0) is 19.6 Å². The smallest absolute Gasteiger partial charge is 0.321 e. The molecule has 0 N–H and O–H groups in total. The van der Waals surface area contributed by atoms with Gasteiger partial charge in [-0.2, -0.15) is 4.31 Å². The number of ether oxygens (including phenoxy) is 1. The third-order valence-corrected chi connectivity index (χ3v) is 4.43. The van der Waals surface area contributed by atoms with Gasteiger partial charge in [-0.3, -0.25) is 4.79 Å². The van der Waals surface area contributed by atoms with Gasteiger partial charge in [0.15, 0.2) is 0 Å². The quantitative estimate of drug-likeness (QED) is 0.744. The second kappa shape index (κ2) is 5.79. The highest BCUT2D eigenvalue weighted by molar-refractivity contribution is 7.88. The van der Waals surface area contributed by atoms with Crippen molar-refractivity contribution in [1.29, 1.82) is 0 Å². The Morgan fingerprint density at radius 2 is 1.58 bits per heavy atom. The predicted octanol–water partition coefficient (Wildman–Crippen LogP) is 2.02. The number of carbonyl (C=O) groups excluding carboxylic acids is 1. The molecule has 0 saturated carbocycles. The van der Waals surface area contributed by atoms with E-state index in [1.807, 2.05) is 20.8 Å². The number of esters is 1. The van der Waals surface area contributed by atoms with Gasteiger partial charge in [-0.15, -0.1) is 0 Å². The van der Waals surface area contributed by atoms with Crippen molar-refractivity contribution in [3.8, 4) is 0 Å². The lowest BCUT2D eigenvalue weighted by Gasteiger charge is -2.33. The largest absolute Gasteiger partial charge is 0.461 e. The summed E-state index contributed by atoms with van der Waals surface area (Å²) in [5, 5.41) is 0. The van der Waals surface area contributed by atoms with Gasteiger partial charge in [-0.1, -0.05) is 20.8 Å². The highest BCUT2D eigenvalue weighted by Crippen LogP contribution is 2.23. The summed E-state index contributed by atoms with van der Waals surface area (Å²) >= 11 is 0. The van der Waals surface area contributed by atoms with Crippen molar-refractivity contribution in [1.82, 2.24) is 4.31 Å². The molecule has 0 aliphatic rings. The first-order valence-corrected chi connectivity index (χ1v) is 8.18. The van der Waals surface area contributed by atoms with Crippen molar-refractivity contribution in [3.05, 3.63) is 0 Å². The van der Waals surface area contributed by atoms with E-state index in [0.29, 0.717) is 0 Å². The van der Waals surface area contributed by atoms with E-state index >= 15 is 0 Å². The maximum atomic E-state index is 11.9. The Hall–Kier alpha value is -0.620. The molecule has 0 radical (unpaired) electrons. The monoisotopic (exact) mass is 293 g/mol. The predicted molar refractivity (Wildman–Crippen MR) is 76.3 cm³/mol. The molecule has 0 aromatic rings. The Kier molecular flexibility index (Phi) is 5.60. The van der Waals surface area contributed by atoms with Crippen LogP contribution >= 0.6 is 0 Å². The van der Waals surface area contributed by atoms with Gasteiger partial charge >= 0.3 is 5.97 Å². The fourth-order valence-corrected chi connectivity index (χ4v) is 2.72. The third-order valence-electron chi connectivity index (χ3n) is 2.95. The van der Waals surface area contributed by atoms with Gasteiger partial charge in [-0.25, -0.2) is 8.42 Å². The number of carbonyl (C=O) groups is 1. The summed E-state index contributed by atoms with van der Waals surface area (Å²) in [7, 11) is -3.46. The summed E-state index contributed by atoms with van der Waals surface area (Å²) in [6.45, 7) is 12.7. The molecule has 0 heterocycles. The molecule has 5 nitrogen and oxygen atoms in total. The van der Waals surface area contributed by atoms with Crippen LogP contribution in [0.3, 0.4) is 0 Å². The molecule has 0 fully saturated rings. The summed E-state index contributed by atoms with van der Waals surface area (Å²) in [5.74, 6) is -0.525. The molecule has 6 heteroatoms. The number of rotatable bonds is 4. The number of hydrogen-bond donors (Lipinski definition) is 0. The van der Waals surface area contributed by atoms with Crippen LogP contribution in [0.15, 0.2) is 0 Å². The summed E-state index contributed by atoms with van der Waals surface area (Å²) in [6.07, 6.45) is 0.819. The normalized spacial score (nSPS) is 15.4. The minimum absolute atomic E-state index is 0.173. The molecule has 0 rings (SSSR count). The zero-order chi connectivity index (χ0) is 15.6. The molecule has 0 bridgehead atoms. The molecule has 114 valence electrons. The van der Waals surface area contributed by atoms with E-state index in [0.717, 1.165) is 10.6 Å². The van der Waals surface area contributed by atoms with Crippen molar-refractivity contribution in [3.63, 3.8) is 0 Å². The first kappa shape index (κ1) is 18.4. The summed E-state index contributed by atoms with van der Waals surface area (Å²) in [5.41, 5.74) is -0.828. The zero-order valence-corrected chi connectivity index (χ0v) is 14.1. The van der Waals surface area contributed by atoms with Crippen LogP contribution in [0.4, 0.5) is 0 Å². The molecule has 0 aromatic heterocycles. The second-order valence-electron chi connectivity index (χ2n) is 6.94. The minimum atomic E-state index is -3.46. The maximum absolute atomic E-state index is 11.9. The van der Waals surface area contributed by atoms with Gasteiger partial charge < -0.3 is 4.74 Å². The molecule has 0 saturated heterocycles. The Balaban J connectivity index is 4.87. The first-order valence-electron chi connectivity index (χ1n) is 6.33. The van der Waals surface area contributed by atoms with Gasteiger partial charge in [0.1, 0.15) is 12.6 Å². The third kappa shape index (κ3) is 6.38.